The van der Waals surface area contributed by atoms with Gasteiger partial charge in [0.2, 0.25) is 0 Å². The van der Waals surface area contributed by atoms with Gasteiger partial charge < -0.3 is 35.6 Å². The number of carbonyl (C=O) groups excluding carboxylic acids is 2. The molecule has 11 heteroatoms. The van der Waals surface area contributed by atoms with E-state index in [0.29, 0.717) is 16.5 Å². The molecular formula is C28H28Cl2NNaO7. The molecule has 39 heavy (non-hydrogen) atoms. The molecule has 3 aromatic rings. The van der Waals surface area contributed by atoms with Crippen molar-refractivity contribution in [1.29, 1.82) is 0 Å². The first kappa shape index (κ1) is 33.2. The average molecular weight is 584 g/mol. The van der Waals surface area contributed by atoms with Crippen LogP contribution < -0.4 is 40.0 Å². The zero-order valence-corrected chi connectivity index (χ0v) is 24.9. The molecule has 3 aromatic carbocycles. The van der Waals surface area contributed by atoms with Crippen molar-refractivity contribution < 1.29 is 64.7 Å². The Bertz CT molecular complexity index is 1250. The number of aliphatic carboxylic acids is 1. The van der Waals surface area contributed by atoms with Gasteiger partial charge in [-0.25, -0.2) is 0 Å². The quantitative estimate of drug-likeness (QED) is 0.176. The van der Waals surface area contributed by atoms with E-state index in [-0.39, 0.29) is 35.5 Å². The molecule has 8 nitrogen and oxygen atoms in total. The summed E-state index contributed by atoms with van der Waals surface area (Å²) in [7, 11) is 0. The van der Waals surface area contributed by atoms with Crippen molar-refractivity contribution in [3.8, 4) is 11.1 Å². The fraction of sp³-hybridized carbons (Fsp3) is 0.286. The fourth-order valence-electron chi connectivity index (χ4n) is 4.14. The number of aliphatic hydroxyl groups excluding tert-OH is 4. The molecule has 0 radical (unpaired) electrons. The molecule has 0 aliphatic carbocycles. The predicted octanol–water partition coefficient (Wildman–Crippen LogP) is -1.31. The van der Waals surface area contributed by atoms with Crippen molar-refractivity contribution in [2.24, 2.45) is 0 Å². The van der Waals surface area contributed by atoms with E-state index in [2.05, 4.69) is 5.32 Å². The van der Waals surface area contributed by atoms with Gasteiger partial charge in [0.05, 0.1) is 16.0 Å². The molecule has 0 fully saturated rings. The van der Waals surface area contributed by atoms with Crippen molar-refractivity contribution in [2.75, 3.05) is 0 Å². The number of nitrogens with one attached hydrogen (secondary N) is 1. The second-order valence-corrected chi connectivity index (χ2v) is 9.85. The largest absolute Gasteiger partial charge is 1.00 e. The van der Waals surface area contributed by atoms with Gasteiger partial charge in [-0.1, -0.05) is 83.9 Å². The van der Waals surface area contributed by atoms with Crippen molar-refractivity contribution in [2.45, 2.75) is 49.7 Å². The molecule has 3 rings (SSSR count). The van der Waals surface area contributed by atoms with Gasteiger partial charge in [0.1, 0.15) is 18.3 Å². The van der Waals surface area contributed by atoms with Crippen LogP contribution in [-0.4, -0.2) is 62.8 Å². The number of carboxylic acids is 1. The van der Waals surface area contributed by atoms with E-state index in [0.717, 1.165) is 22.3 Å². The first-order valence-corrected chi connectivity index (χ1v) is 12.6. The molecule has 4 unspecified atom stereocenters. The summed E-state index contributed by atoms with van der Waals surface area (Å²) in [6, 6.07) is 22.2. The number of rotatable bonds is 11. The molecule has 0 saturated heterocycles. The molecule has 1 amide bonds. The number of carboxylic acid groups (broad SMARTS) is 1. The predicted molar refractivity (Wildman–Crippen MR) is 141 cm³/mol. The van der Waals surface area contributed by atoms with E-state index >= 15 is 0 Å². The van der Waals surface area contributed by atoms with Crippen LogP contribution in [0.5, 0.6) is 0 Å². The zero-order valence-electron chi connectivity index (χ0n) is 21.4. The van der Waals surface area contributed by atoms with Crippen LogP contribution in [-0.2, 0) is 16.0 Å². The Labute approximate surface area is 258 Å². The van der Waals surface area contributed by atoms with E-state index in [1.807, 2.05) is 60.7 Å². The SMILES string of the molecule is C[C@H](NC(=O)C(O)C(O)C(O)C(O)C(=O)[O-])[C@@H](Cc1ccc(Cl)c(Cl)c1)c1ccc(-c2ccccc2)cc1.[Na+]. The van der Waals surface area contributed by atoms with Crippen LogP contribution in [0.1, 0.15) is 24.0 Å². The molecule has 0 heterocycles. The second kappa shape index (κ2) is 15.1. The normalized spacial score (nSPS) is 15.7. The second-order valence-electron chi connectivity index (χ2n) is 9.03. The third kappa shape index (κ3) is 8.75. The van der Waals surface area contributed by atoms with Crippen LogP contribution in [0.2, 0.25) is 10.0 Å². The Morgan fingerprint density at radius 3 is 1.95 bits per heavy atom. The van der Waals surface area contributed by atoms with E-state index in [1.54, 1.807) is 19.1 Å². The van der Waals surface area contributed by atoms with Crippen molar-refractivity contribution in [1.82, 2.24) is 5.32 Å². The van der Waals surface area contributed by atoms with E-state index < -0.39 is 42.3 Å². The van der Waals surface area contributed by atoms with Gasteiger partial charge in [-0.05, 0) is 47.7 Å². The summed E-state index contributed by atoms with van der Waals surface area (Å²) in [5.41, 5.74) is 3.74. The average Bonchev–Trinajstić information content (AvgIpc) is 2.92. The van der Waals surface area contributed by atoms with Crippen LogP contribution in [0.3, 0.4) is 0 Å². The number of hydrogen-bond acceptors (Lipinski definition) is 7. The minimum atomic E-state index is -2.49. The van der Waals surface area contributed by atoms with Crippen LogP contribution >= 0.6 is 23.2 Å². The maximum Gasteiger partial charge on any atom is 1.00 e. The molecule has 0 saturated carbocycles. The van der Waals surface area contributed by atoms with Gasteiger partial charge in [0.15, 0.2) is 6.10 Å². The fourth-order valence-corrected chi connectivity index (χ4v) is 4.46. The van der Waals surface area contributed by atoms with Crippen LogP contribution in [0.25, 0.3) is 11.1 Å². The van der Waals surface area contributed by atoms with Crippen molar-refractivity contribution in [3.63, 3.8) is 0 Å². The molecule has 0 spiro atoms. The summed E-state index contributed by atoms with van der Waals surface area (Å²) < 4.78 is 0. The summed E-state index contributed by atoms with van der Waals surface area (Å²) in [6.07, 6.45) is -8.89. The Morgan fingerprint density at radius 1 is 0.821 bits per heavy atom. The topological polar surface area (TPSA) is 150 Å². The Morgan fingerprint density at radius 2 is 1.38 bits per heavy atom. The molecule has 202 valence electrons. The molecule has 0 bridgehead atoms. The molecule has 0 aliphatic rings. The van der Waals surface area contributed by atoms with Gasteiger partial charge >= 0.3 is 29.6 Å². The summed E-state index contributed by atoms with van der Waals surface area (Å²) in [5.74, 6) is -3.45. The smallest absolute Gasteiger partial charge is 0.547 e. The molecule has 5 N–H and O–H groups in total. The van der Waals surface area contributed by atoms with Crippen LogP contribution in [0.15, 0.2) is 72.8 Å². The standard InChI is InChI=1S/C28H29Cl2NO7.Na/c1-15(31-27(36)25(34)23(32)24(33)26(35)28(37)38)20(13-16-7-12-21(29)22(30)14-16)19-10-8-18(9-11-19)17-5-3-2-4-6-17;/h2-12,14-15,20,23-26,32-35H,13H2,1H3,(H,31,36)(H,37,38);/q;+1/p-1/t15-,20+,23?,24?,25?,26?;/m0./s1. The minimum Gasteiger partial charge on any atom is -0.547 e. The zero-order chi connectivity index (χ0) is 28.0. The number of carbonyl (C=O) groups is 2. The van der Waals surface area contributed by atoms with Gasteiger partial charge in [0, 0.05) is 12.0 Å². The third-order valence-electron chi connectivity index (χ3n) is 6.37. The maximum absolute atomic E-state index is 12.7. The summed E-state index contributed by atoms with van der Waals surface area (Å²) in [6.45, 7) is 1.71. The van der Waals surface area contributed by atoms with Gasteiger partial charge in [-0.2, -0.15) is 0 Å². The van der Waals surface area contributed by atoms with Gasteiger partial charge in [-0.3, -0.25) is 4.79 Å². The number of halogens is 2. The number of aliphatic hydroxyl groups is 4. The summed E-state index contributed by atoms with van der Waals surface area (Å²) in [5, 5.41) is 53.6. The first-order chi connectivity index (χ1) is 18.0. The van der Waals surface area contributed by atoms with Crippen LogP contribution in [0.4, 0.5) is 0 Å². The molecule has 6 atom stereocenters. The number of hydrogen-bond donors (Lipinski definition) is 5. The summed E-state index contributed by atoms with van der Waals surface area (Å²) in [4.78, 5) is 23.5. The van der Waals surface area contributed by atoms with Gasteiger partial charge in [-0.15, -0.1) is 0 Å². The van der Waals surface area contributed by atoms with E-state index in [1.165, 1.54) is 0 Å². The Balaban J connectivity index is 0.00000533. The molecule has 0 aromatic heterocycles. The van der Waals surface area contributed by atoms with Gasteiger partial charge in [0.25, 0.3) is 5.91 Å². The maximum atomic E-state index is 12.7. The van der Waals surface area contributed by atoms with E-state index in [4.69, 9.17) is 23.2 Å². The van der Waals surface area contributed by atoms with Crippen LogP contribution in [0, 0.1) is 0 Å². The monoisotopic (exact) mass is 583 g/mol. The molecular weight excluding hydrogens is 556 g/mol. The third-order valence-corrected chi connectivity index (χ3v) is 7.11. The molecule has 0 aliphatic heterocycles. The Hall–Kier alpha value is -1.98. The van der Waals surface area contributed by atoms with Crippen molar-refractivity contribution in [3.05, 3.63) is 94.0 Å². The number of benzene rings is 3. The van der Waals surface area contributed by atoms with Crippen molar-refractivity contribution >= 4 is 35.1 Å². The first-order valence-electron chi connectivity index (χ1n) is 11.8. The Kier molecular flexibility index (Phi) is 12.9. The number of amides is 1. The van der Waals surface area contributed by atoms with E-state index in [9.17, 15) is 35.1 Å². The minimum absolute atomic E-state index is 0. The summed E-state index contributed by atoms with van der Waals surface area (Å²) >= 11 is 12.3.